The van der Waals surface area contributed by atoms with E-state index in [1.54, 1.807) is 70.0 Å². The Kier molecular flexibility index (Phi) is 15.4. The predicted molar refractivity (Wildman–Crippen MR) is 290 cm³/mol. The third-order valence-electron chi connectivity index (χ3n) is 14.3. The van der Waals surface area contributed by atoms with E-state index in [2.05, 4.69) is 15.1 Å². The van der Waals surface area contributed by atoms with E-state index in [0.29, 0.717) is 115 Å². The fraction of sp³-hybridized carbons (Fsp3) is 0.333. The summed E-state index contributed by atoms with van der Waals surface area (Å²) in [6.07, 6.45) is 0. The molecule has 0 bridgehead atoms. The first-order valence-corrected chi connectivity index (χ1v) is 26.1. The van der Waals surface area contributed by atoms with Gasteiger partial charge in [-0.25, -0.2) is 18.1 Å². The molecule has 2 amide bonds. The first-order chi connectivity index (χ1) is 35.5. The average molecular weight is 1090 g/mol. The Hall–Kier alpha value is -6.46. The molecule has 74 heavy (non-hydrogen) atoms. The molecule has 20 heteroatoms. The third-order valence-corrected chi connectivity index (χ3v) is 15.7. The van der Waals surface area contributed by atoms with Gasteiger partial charge in [0.1, 0.15) is 35.4 Å². The van der Waals surface area contributed by atoms with Crippen molar-refractivity contribution < 1.29 is 18.4 Å². The molecule has 0 spiro atoms. The van der Waals surface area contributed by atoms with Gasteiger partial charge in [-0.3, -0.25) is 28.5 Å². The van der Waals surface area contributed by atoms with Crippen LogP contribution < -0.4 is 31.1 Å². The standard InChI is InChI=1S/C28H30Cl2FN5O2.C26H26Cl2FN5O2/c1-4-34-18(3)26(28(38)33-14-12-32(13-15-33)21-9-7-20(31)8-10-21)27(19-6-11-22(29)23(30)16-19)36-24(34)17-25(37)35(36)5-2;1-3-33-23(35)15-22-30-16(2)24(25(34(22)33)17-4-9-20(27)21(28)14-17)26(36)32-12-10-31(11-13-32)19-7-5-18(29)6-8-19/h6-11,16-17,27H,4-5,12-15H2,1-3H3;4-9,14-15,25,30H,3,10-13H2,1-2H3. The zero-order chi connectivity index (χ0) is 52.7. The summed E-state index contributed by atoms with van der Waals surface area (Å²) < 4.78 is 33.7. The molecule has 0 saturated carbocycles. The number of aromatic nitrogens is 4. The molecule has 2 unspecified atom stereocenters. The van der Waals surface area contributed by atoms with Gasteiger partial charge in [0, 0.05) is 107 Å². The quantitative estimate of drug-likeness (QED) is 0.152. The number of fused-ring (bicyclic) bond motifs is 2. The fourth-order valence-electron chi connectivity index (χ4n) is 10.6. The third kappa shape index (κ3) is 9.96. The number of hydrogen-bond donors (Lipinski definition) is 1. The Balaban J connectivity index is 0.000000182. The van der Waals surface area contributed by atoms with Crippen LogP contribution in [0.15, 0.2) is 129 Å². The van der Waals surface area contributed by atoms with Crippen LogP contribution in [0.2, 0.25) is 20.1 Å². The van der Waals surface area contributed by atoms with Gasteiger partial charge in [-0.2, -0.15) is 0 Å². The lowest BCUT2D eigenvalue weighted by atomic mass is 9.93. The number of carbonyl (C=O) groups is 2. The van der Waals surface area contributed by atoms with Crippen molar-refractivity contribution in [3.05, 3.63) is 183 Å². The van der Waals surface area contributed by atoms with Crippen molar-refractivity contribution in [2.75, 3.05) is 78.9 Å². The molecule has 2 saturated heterocycles. The Bertz CT molecular complexity index is 3300. The highest BCUT2D eigenvalue weighted by molar-refractivity contribution is 6.42. The van der Waals surface area contributed by atoms with Crippen LogP contribution in [0.3, 0.4) is 0 Å². The molecule has 2 fully saturated rings. The van der Waals surface area contributed by atoms with E-state index in [-0.39, 0.29) is 34.6 Å². The van der Waals surface area contributed by atoms with Crippen molar-refractivity contribution in [3.8, 4) is 0 Å². The number of rotatable bonds is 9. The lowest BCUT2D eigenvalue weighted by Crippen LogP contribution is -2.51. The van der Waals surface area contributed by atoms with Crippen LogP contribution in [0.1, 0.15) is 57.8 Å². The molecule has 388 valence electrons. The maximum atomic E-state index is 14.3. The Morgan fingerprint density at radius 1 is 0.541 bits per heavy atom. The highest BCUT2D eigenvalue weighted by atomic mass is 35.5. The maximum Gasteiger partial charge on any atom is 0.268 e. The van der Waals surface area contributed by atoms with Gasteiger partial charge in [0.25, 0.3) is 22.9 Å². The molecular weight excluding hydrogens is 1030 g/mol. The number of anilines is 4. The number of halogens is 6. The number of nitrogens with zero attached hydrogens (tertiary/aromatic N) is 9. The minimum atomic E-state index is -0.554. The minimum Gasteiger partial charge on any atom is -0.368 e. The topological polar surface area (TPSA) is 116 Å². The number of hydrogen-bond acceptors (Lipinski definition) is 8. The van der Waals surface area contributed by atoms with Crippen LogP contribution in [0.25, 0.3) is 0 Å². The number of allylic oxidation sites excluding steroid dienone is 2. The number of amides is 2. The van der Waals surface area contributed by atoms with Crippen LogP contribution in [0, 0.1) is 11.6 Å². The van der Waals surface area contributed by atoms with Crippen LogP contribution in [0.4, 0.5) is 31.8 Å². The summed E-state index contributed by atoms with van der Waals surface area (Å²) in [6.45, 7) is 15.7. The molecule has 6 aromatic rings. The van der Waals surface area contributed by atoms with Gasteiger partial charge >= 0.3 is 0 Å². The number of nitrogens with one attached hydrogen (secondary N) is 1. The monoisotopic (exact) mass is 1090 g/mol. The molecule has 0 radical (unpaired) electrons. The molecule has 10 rings (SSSR count). The van der Waals surface area contributed by atoms with Gasteiger partial charge in [-0.15, -0.1) is 0 Å². The second-order valence-electron chi connectivity index (χ2n) is 18.4. The van der Waals surface area contributed by atoms with Crippen molar-refractivity contribution in [2.24, 2.45) is 0 Å². The molecule has 14 nitrogen and oxygen atoms in total. The lowest BCUT2D eigenvalue weighted by molar-refractivity contribution is -0.128. The van der Waals surface area contributed by atoms with Crippen molar-refractivity contribution in [2.45, 2.75) is 59.8 Å². The molecule has 4 aromatic carbocycles. The van der Waals surface area contributed by atoms with Gasteiger partial charge in [-0.05, 0) is 119 Å². The van der Waals surface area contributed by atoms with Crippen molar-refractivity contribution in [3.63, 3.8) is 0 Å². The normalized spacial score (nSPS) is 17.7. The van der Waals surface area contributed by atoms with Gasteiger partial charge in [0.15, 0.2) is 0 Å². The molecule has 0 aliphatic carbocycles. The average Bonchev–Trinajstić information content (AvgIpc) is 3.92. The van der Waals surface area contributed by atoms with E-state index in [4.69, 9.17) is 46.4 Å². The summed E-state index contributed by atoms with van der Waals surface area (Å²) in [5.41, 5.74) is 5.77. The molecule has 6 heterocycles. The summed E-state index contributed by atoms with van der Waals surface area (Å²) in [7, 11) is 0. The molecule has 2 atom stereocenters. The zero-order valence-corrected chi connectivity index (χ0v) is 44.6. The summed E-state index contributed by atoms with van der Waals surface area (Å²) >= 11 is 25.2. The zero-order valence-electron chi connectivity index (χ0n) is 41.6. The first-order valence-electron chi connectivity index (χ1n) is 24.6. The summed E-state index contributed by atoms with van der Waals surface area (Å²) in [6, 6.07) is 25.5. The van der Waals surface area contributed by atoms with Crippen molar-refractivity contribution in [1.29, 1.82) is 0 Å². The maximum absolute atomic E-state index is 14.3. The Morgan fingerprint density at radius 3 is 1.42 bits per heavy atom. The molecule has 4 aliphatic rings. The number of carbonyl (C=O) groups excluding carboxylic acids is 2. The van der Waals surface area contributed by atoms with E-state index >= 15 is 0 Å². The van der Waals surface area contributed by atoms with Crippen molar-refractivity contribution in [1.82, 2.24) is 28.5 Å². The van der Waals surface area contributed by atoms with Crippen molar-refractivity contribution >= 4 is 81.2 Å². The first kappa shape index (κ1) is 52.4. The number of benzene rings is 4. The van der Waals surface area contributed by atoms with Crippen LogP contribution >= 0.6 is 46.4 Å². The van der Waals surface area contributed by atoms with E-state index < -0.39 is 12.1 Å². The fourth-order valence-corrected chi connectivity index (χ4v) is 11.2. The number of piperazine rings is 2. The Labute approximate surface area is 447 Å². The summed E-state index contributed by atoms with van der Waals surface area (Å²) in [5.74, 6) is 0.627. The second kappa shape index (κ2) is 21.8. The highest BCUT2D eigenvalue weighted by Crippen LogP contribution is 2.42. The van der Waals surface area contributed by atoms with E-state index in [0.717, 1.165) is 34.0 Å². The van der Waals surface area contributed by atoms with Gasteiger partial charge in [0.2, 0.25) is 0 Å². The van der Waals surface area contributed by atoms with Crippen LogP contribution in [0.5, 0.6) is 0 Å². The van der Waals surface area contributed by atoms with Crippen LogP contribution in [-0.4, -0.2) is 99.2 Å². The minimum absolute atomic E-state index is 0.0785. The Morgan fingerprint density at radius 2 is 0.973 bits per heavy atom. The van der Waals surface area contributed by atoms with E-state index in [9.17, 15) is 28.0 Å². The molecular formula is C54H56Cl4F2N10O4. The smallest absolute Gasteiger partial charge is 0.268 e. The lowest BCUT2D eigenvalue weighted by Gasteiger charge is -2.41. The van der Waals surface area contributed by atoms with Crippen LogP contribution in [-0.2, 0) is 22.7 Å². The SMILES string of the molecule is CCN1C(C)=C(C(=O)N2CCN(c3ccc(F)cc3)CC2)C(c2ccc(Cl)c(Cl)c2)n2c1cc(=O)n2CC.CCn1c(=O)cc2n1C(c1ccc(Cl)c(Cl)c1)C(C(=O)N1CCN(c3ccc(F)cc3)CC1)=C(C)N2. The van der Waals surface area contributed by atoms with Gasteiger partial charge in [0.05, 0.1) is 31.2 Å². The van der Waals surface area contributed by atoms with Gasteiger partial charge < -0.3 is 29.8 Å². The summed E-state index contributed by atoms with van der Waals surface area (Å²) in [5, 5.41) is 4.87. The van der Waals surface area contributed by atoms with E-state index in [1.807, 2.05) is 70.8 Å². The van der Waals surface area contributed by atoms with Gasteiger partial charge in [-0.1, -0.05) is 58.5 Å². The molecule has 4 aliphatic heterocycles. The molecule has 1 N–H and O–H groups in total. The summed E-state index contributed by atoms with van der Waals surface area (Å²) in [4.78, 5) is 64.0. The second-order valence-corrected chi connectivity index (χ2v) is 20.0. The predicted octanol–water partition coefficient (Wildman–Crippen LogP) is 9.92. The highest BCUT2D eigenvalue weighted by Gasteiger charge is 2.41. The largest absolute Gasteiger partial charge is 0.368 e. The van der Waals surface area contributed by atoms with E-state index in [1.165, 1.54) is 24.3 Å². The molecule has 2 aromatic heterocycles.